The van der Waals surface area contributed by atoms with E-state index >= 15 is 0 Å². The summed E-state index contributed by atoms with van der Waals surface area (Å²) >= 11 is 0. The third-order valence-corrected chi connectivity index (χ3v) is 4.40. The topological polar surface area (TPSA) is 34.0 Å². The maximum atomic E-state index is 13.5. The van der Waals surface area contributed by atoms with Crippen LogP contribution in [0.3, 0.4) is 0 Å². The fraction of sp³-hybridized carbons (Fsp3) is 0.294. The molecule has 1 saturated heterocycles. The summed E-state index contributed by atoms with van der Waals surface area (Å²) < 4.78 is 15.5. The van der Waals surface area contributed by atoms with Crippen LogP contribution >= 0.6 is 0 Å². The third kappa shape index (κ3) is 2.04. The van der Waals surface area contributed by atoms with Crippen molar-refractivity contribution in [3.8, 4) is 0 Å². The Hall–Kier alpha value is -2.43. The molecule has 4 rings (SSSR count). The van der Waals surface area contributed by atoms with Crippen LogP contribution in [0.1, 0.15) is 24.4 Å². The van der Waals surface area contributed by atoms with Gasteiger partial charge in [-0.15, -0.1) is 0 Å². The molecule has 0 spiro atoms. The summed E-state index contributed by atoms with van der Waals surface area (Å²) in [5.41, 5.74) is 2.86. The minimum Gasteiger partial charge on any atom is -0.335 e. The second-order valence-electron chi connectivity index (χ2n) is 5.74. The Labute approximate surface area is 128 Å². The summed E-state index contributed by atoms with van der Waals surface area (Å²) in [7, 11) is 1.95. The lowest BCUT2D eigenvalue weighted by Crippen LogP contribution is -2.25. The van der Waals surface area contributed by atoms with Gasteiger partial charge in [0.1, 0.15) is 5.82 Å². The van der Waals surface area contributed by atoms with Crippen molar-refractivity contribution in [1.29, 1.82) is 0 Å². The highest BCUT2D eigenvalue weighted by Crippen LogP contribution is 2.36. The molecule has 0 amide bonds. The van der Waals surface area contributed by atoms with Gasteiger partial charge in [-0.25, -0.2) is 9.37 Å². The summed E-state index contributed by atoms with van der Waals surface area (Å²) in [6, 6.07) is 9.11. The van der Waals surface area contributed by atoms with Crippen molar-refractivity contribution in [3.05, 3.63) is 54.1 Å². The van der Waals surface area contributed by atoms with Crippen LogP contribution in [0, 0.1) is 5.82 Å². The number of pyridine rings is 1. The summed E-state index contributed by atoms with van der Waals surface area (Å²) in [5, 5.41) is 0. The lowest BCUT2D eigenvalue weighted by atomic mass is 10.1. The maximum Gasteiger partial charge on any atom is 0.206 e. The molecule has 3 heterocycles. The molecule has 5 heteroatoms. The Kier molecular flexibility index (Phi) is 3.06. The number of halogens is 1. The molecule has 2 aromatic heterocycles. The van der Waals surface area contributed by atoms with E-state index in [1.165, 1.54) is 11.6 Å². The van der Waals surface area contributed by atoms with Gasteiger partial charge >= 0.3 is 0 Å². The van der Waals surface area contributed by atoms with Crippen LogP contribution < -0.4 is 4.90 Å². The van der Waals surface area contributed by atoms with Gasteiger partial charge in [-0.1, -0.05) is 6.07 Å². The van der Waals surface area contributed by atoms with Crippen molar-refractivity contribution in [2.75, 3.05) is 11.4 Å². The van der Waals surface area contributed by atoms with Gasteiger partial charge in [0.05, 0.1) is 17.1 Å². The largest absolute Gasteiger partial charge is 0.335 e. The van der Waals surface area contributed by atoms with Gasteiger partial charge in [0.25, 0.3) is 0 Å². The number of imidazole rings is 1. The lowest BCUT2D eigenvalue weighted by molar-refractivity contribution is 0.628. The monoisotopic (exact) mass is 296 g/mol. The molecule has 0 bridgehead atoms. The molecule has 1 unspecified atom stereocenters. The van der Waals surface area contributed by atoms with E-state index in [9.17, 15) is 4.39 Å². The third-order valence-electron chi connectivity index (χ3n) is 4.40. The molecule has 22 heavy (non-hydrogen) atoms. The van der Waals surface area contributed by atoms with Gasteiger partial charge in [0, 0.05) is 26.0 Å². The minimum atomic E-state index is -0.229. The van der Waals surface area contributed by atoms with Crippen LogP contribution in [-0.4, -0.2) is 21.1 Å². The zero-order chi connectivity index (χ0) is 15.1. The van der Waals surface area contributed by atoms with Crippen LogP contribution in [0.25, 0.3) is 11.0 Å². The van der Waals surface area contributed by atoms with E-state index in [1.807, 2.05) is 23.9 Å². The fourth-order valence-corrected chi connectivity index (χ4v) is 3.33. The smallest absolute Gasteiger partial charge is 0.206 e. The molecule has 1 atom stereocenters. The van der Waals surface area contributed by atoms with E-state index in [4.69, 9.17) is 4.98 Å². The number of hydrogen-bond donors (Lipinski definition) is 0. The highest BCUT2D eigenvalue weighted by atomic mass is 19.1. The molecule has 0 radical (unpaired) electrons. The van der Waals surface area contributed by atoms with Gasteiger partial charge in [-0.2, -0.15) is 0 Å². The summed E-state index contributed by atoms with van der Waals surface area (Å²) in [6.07, 6.45) is 5.92. The molecule has 0 N–H and O–H groups in total. The zero-order valence-electron chi connectivity index (χ0n) is 12.4. The van der Waals surface area contributed by atoms with Gasteiger partial charge < -0.3 is 9.47 Å². The van der Waals surface area contributed by atoms with Crippen LogP contribution in [0.2, 0.25) is 0 Å². The van der Waals surface area contributed by atoms with Crippen molar-refractivity contribution < 1.29 is 4.39 Å². The number of aryl methyl sites for hydroxylation is 1. The molecule has 1 aromatic carbocycles. The molecule has 1 aliphatic heterocycles. The zero-order valence-corrected chi connectivity index (χ0v) is 12.4. The summed E-state index contributed by atoms with van der Waals surface area (Å²) in [4.78, 5) is 11.2. The molecule has 112 valence electrons. The highest BCUT2D eigenvalue weighted by Gasteiger charge is 2.29. The molecule has 3 aromatic rings. The number of rotatable bonds is 2. The van der Waals surface area contributed by atoms with E-state index in [1.54, 1.807) is 18.3 Å². The Bertz CT molecular complexity index is 812. The van der Waals surface area contributed by atoms with Crippen molar-refractivity contribution in [2.24, 2.45) is 7.05 Å². The normalized spacial score (nSPS) is 18.3. The summed E-state index contributed by atoms with van der Waals surface area (Å²) in [5.74, 6) is 0.666. The standard InChI is InChI=1S/C17H17FN4/c1-21-16-10-13(18)6-7-14(16)20-17(21)22-9-3-5-15(22)12-4-2-8-19-11-12/h2,4,6-8,10-11,15H,3,5,9H2,1H3. The first-order valence-electron chi connectivity index (χ1n) is 7.52. The number of hydrogen-bond acceptors (Lipinski definition) is 3. The van der Waals surface area contributed by atoms with Crippen molar-refractivity contribution in [2.45, 2.75) is 18.9 Å². The SMILES string of the molecule is Cn1c(N2CCCC2c2cccnc2)nc2ccc(F)cc21. The van der Waals surface area contributed by atoms with Crippen LogP contribution in [-0.2, 0) is 7.05 Å². The summed E-state index contributed by atoms with van der Waals surface area (Å²) in [6.45, 7) is 0.958. The molecule has 0 saturated carbocycles. The first-order chi connectivity index (χ1) is 10.7. The molecule has 0 aliphatic carbocycles. The number of benzene rings is 1. The number of anilines is 1. The molecular formula is C17H17FN4. The highest BCUT2D eigenvalue weighted by molar-refractivity contribution is 5.79. The Balaban J connectivity index is 1.79. The fourth-order valence-electron chi connectivity index (χ4n) is 3.33. The van der Waals surface area contributed by atoms with Gasteiger partial charge in [0.2, 0.25) is 5.95 Å². The van der Waals surface area contributed by atoms with Gasteiger partial charge in [0.15, 0.2) is 0 Å². The number of nitrogens with zero attached hydrogens (tertiary/aromatic N) is 4. The quantitative estimate of drug-likeness (QED) is 0.726. The van der Waals surface area contributed by atoms with Gasteiger partial charge in [-0.05, 0) is 42.7 Å². The second kappa shape index (κ2) is 5.09. The number of fused-ring (bicyclic) bond motifs is 1. The van der Waals surface area contributed by atoms with Crippen molar-refractivity contribution in [3.63, 3.8) is 0 Å². The second-order valence-corrected chi connectivity index (χ2v) is 5.74. The Morgan fingerprint density at radius 1 is 1.27 bits per heavy atom. The molecule has 1 aliphatic rings. The predicted molar refractivity (Wildman–Crippen MR) is 84.2 cm³/mol. The van der Waals surface area contributed by atoms with Crippen molar-refractivity contribution >= 4 is 17.0 Å². The van der Waals surface area contributed by atoms with Crippen molar-refractivity contribution in [1.82, 2.24) is 14.5 Å². The first-order valence-corrected chi connectivity index (χ1v) is 7.52. The number of aromatic nitrogens is 3. The maximum absolute atomic E-state index is 13.5. The average molecular weight is 296 g/mol. The Morgan fingerprint density at radius 2 is 2.18 bits per heavy atom. The van der Waals surface area contributed by atoms with Crippen LogP contribution in [0.5, 0.6) is 0 Å². The predicted octanol–water partition coefficient (Wildman–Crippen LogP) is 3.45. The molecule has 1 fully saturated rings. The van der Waals surface area contributed by atoms with Crippen LogP contribution in [0.4, 0.5) is 10.3 Å². The van der Waals surface area contributed by atoms with E-state index in [2.05, 4.69) is 16.0 Å². The molecule has 4 nitrogen and oxygen atoms in total. The first kappa shape index (κ1) is 13.2. The van der Waals surface area contributed by atoms with Gasteiger partial charge in [-0.3, -0.25) is 4.98 Å². The van der Waals surface area contributed by atoms with E-state index < -0.39 is 0 Å². The van der Waals surface area contributed by atoms with E-state index in [-0.39, 0.29) is 11.9 Å². The van der Waals surface area contributed by atoms with E-state index in [0.29, 0.717) is 0 Å². The Morgan fingerprint density at radius 3 is 3.00 bits per heavy atom. The van der Waals surface area contributed by atoms with Crippen LogP contribution in [0.15, 0.2) is 42.7 Å². The van der Waals surface area contributed by atoms with E-state index in [0.717, 1.165) is 36.4 Å². The minimum absolute atomic E-state index is 0.229. The molecular weight excluding hydrogens is 279 g/mol. The lowest BCUT2D eigenvalue weighted by Gasteiger charge is -2.25. The average Bonchev–Trinajstić information content (AvgIpc) is 3.14.